The van der Waals surface area contributed by atoms with Crippen LogP contribution in [0.2, 0.25) is 0 Å². The van der Waals surface area contributed by atoms with Gasteiger partial charge in [-0.3, -0.25) is 0 Å². The molecule has 0 saturated carbocycles. The van der Waals surface area contributed by atoms with Crippen LogP contribution in [-0.2, 0) is 0 Å². The van der Waals surface area contributed by atoms with Crippen LogP contribution in [0.15, 0.2) is 18.5 Å². The van der Waals surface area contributed by atoms with Gasteiger partial charge in [-0.25, -0.2) is 0 Å². The van der Waals surface area contributed by atoms with Crippen LogP contribution in [0.1, 0.15) is 0 Å². The summed E-state index contributed by atoms with van der Waals surface area (Å²) in [6.45, 7) is 3.31. The number of hydrogen-bond acceptors (Lipinski definition) is 2. The Hall–Kier alpha value is 0.0100. The lowest BCUT2D eigenvalue weighted by atomic mass is 10.9. The lowest BCUT2D eigenvalue weighted by molar-refractivity contribution is 0.912. The molecule has 2 nitrogen and oxygen atoms in total. The molecule has 6 heavy (non-hydrogen) atoms. The van der Waals surface area contributed by atoms with Crippen LogP contribution in [0.25, 0.3) is 0 Å². The number of hydrazine groups is 1. The Kier molecular flexibility index (Phi) is 5.02. The molecule has 0 aliphatic rings. The van der Waals surface area contributed by atoms with Crippen molar-refractivity contribution < 1.29 is 0 Å². The summed E-state index contributed by atoms with van der Waals surface area (Å²) in [6.07, 6.45) is 1.58. The van der Waals surface area contributed by atoms with E-state index in [9.17, 15) is 0 Å². The molecule has 0 aromatic carbocycles. The number of hydrogen-bond donors (Lipinski definition) is 2. The highest BCUT2D eigenvalue weighted by Crippen LogP contribution is 1.57. The molecular weight excluding hydrogens is 191 g/mol. The maximum absolute atomic E-state index is 3.31. The predicted octanol–water partition coefficient (Wildman–Crippen LogP) is 0.729. The minimum Gasteiger partial charge on any atom is -0.312 e. The van der Waals surface area contributed by atoms with E-state index in [0.29, 0.717) is 0 Å². The standard InChI is InChI=1S/C3H5IN2/c1-2-3-5-6-4/h3,5-6H,1H2. The molecule has 0 amide bonds. The molecule has 34 valence electrons. The third-order valence-electron chi connectivity index (χ3n) is 0.229. The lowest BCUT2D eigenvalue weighted by Crippen LogP contribution is -2.12. The maximum atomic E-state index is 3.31. The number of nitrogens with one attached hydrogen (secondary N) is 2. The highest BCUT2D eigenvalue weighted by molar-refractivity contribution is 14.1. The van der Waals surface area contributed by atoms with E-state index in [1.54, 1.807) is 6.20 Å². The molecule has 0 aliphatic carbocycles. The van der Waals surface area contributed by atoms with Crippen molar-refractivity contribution in [2.24, 2.45) is 0 Å². The molecule has 0 aliphatic heterocycles. The first-order valence-electron chi connectivity index (χ1n) is 1.37. The lowest BCUT2D eigenvalue weighted by Gasteiger charge is -1.84. The Morgan fingerprint density at radius 2 is 2.50 bits per heavy atom. The van der Waals surface area contributed by atoms with Crippen LogP contribution in [0.5, 0.6) is 0 Å². The molecule has 0 bridgehead atoms. The van der Waals surface area contributed by atoms with Gasteiger partial charge in [0, 0.05) is 22.9 Å². The summed E-state index contributed by atoms with van der Waals surface area (Å²) in [7, 11) is 0. The van der Waals surface area contributed by atoms with Gasteiger partial charge in [-0.1, -0.05) is 6.58 Å². The average molecular weight is 196 g/mol. The fourth-order valence-electron chi connectivity index (χ4n) is 0.0783. The monoisotopic (exact) mass is 196 g/mol. The molecule has 2 N–H and O–H groups in total. The van der Waals surface area contributed by atoms with Gasteiger partial charge in [0.2, 0.25) is 0 Å². The second kappa shape index (κ2) is 5.01. The van der Waals surface area contributed by atoms with Crippen LogP contribution in [0.4, 0.5) is 0 Å². The summed E-state index contributed by atoms with van der Waals surface area (Å²) in [4.78, 5) is 0. The van der Waals surface area contributed by atoms with Gasteiger partial charge < -0.3 is 5.43 Å². The number of rotatable bonds is 2. The van der Waals surface area contributed by atoms with E-state index in [1.165, 1.54) is 0 Å². The maximum Gasteiger partial charge on any atom is 0.0546 e. The molecule has 0 radical (unpaired) electrons. The van der Waals surface area contributed by atoms with Crippen molar-refractivity contribution in [3.8, 4) is 0 Å². The van der Waals surface area contributed by atoms with Crippen LogP contribution < -0.4 is 9.06 Å². The molecule has 0 fully saturated rings. The third-order valence-corrected chi connectivity index (χ3v) is 0.540. The SMILES string of the molecule is C=C=CNNI. The van der Waals surface area contributed by atoms with Crippen molar-refractivity contribution in [1.82, 2.24) is 9.06 Å². The largest absolute Gasteiger partial charge is 0.312 e. The third kappa shape index (κ3) is 4.01. The summed E-state index contributed by atoms with van der Waals surface area (Å²) >= 11 is 1.95. The fourth-order valence-corrected chi connectivity index (χ4v) is 0.234. The first-order valence-corrected chi connectivity index (χ1v) is 2.45. The Labute approximate surface area is 50.8 Å². The molecule has 0 rings (SSSR count). The smallest absolute Gasteiger partial charge is 0.0546 e. The Morgan fingerprint density at radius 1 is 1.83 bits per heavy atom. The van der Waals surface area contributed by atoms with E-state index in [-0.39, 0.29) is 0 Å². The van der Waals surface area contributed by atoms with Gasteiger partial charge in [0.1, 0.15) is 0 Å². The van der Waals surface area contributed by atoms with Gasteiger partial charge in [0.15, 0.2) is 0 Å². The zero-order chi connectivity index (χ0) is 4.83. The van der Waals surface area contributed by atoms with Crippen molar-refractivity contribution in [1.29, 1.82) is 0 Å². The van der Waals surface area contributed by atoms with Crippen molar-refractivity contribution in [2.75, 3.05) is 0 Å². The predicted molar refractivity (Wildman–Crippen MR) is 34.0 cm³/mol. The molecule has 0 heterocycles. The van der Waals surface area contributed by atoms with Gasteiger partial charge in [-0.05, 0) is 0 Å². The van der Waals surface area contributed by atoms with Crippen LogP contribution >= 0.6 is 22.9 Å². The van der Waals surface area contributed by atoms with Crippen LogP contribution in [0.3, 0.4) is 0 Å². The Bertz CT molecular complexity index is 65.2. The topological polar surface area (TPSA) is 24.1 Å². The van der Waals surface area contributed by atoms with Crippen molar-refractivity contribution >= 4 is 22.9 Å². The summed E-state index contributed by atoms with van der Waals surface area (Å²) in [5.74, 6) is 0. The minimum absolute atomic E-state index is 1.58. The zero-order valence-electron chi connectivity index (χ0n) is 3.16. The molecule has 0 atom stereocenters. The van der Waals surface area contributed by atoms with Gasteiger partial charge in [-0.2, -0.15) is 3.64 Å². The van der Waals surface area contributed by atoms with Crippen molar-refractivity contribution in [3.05, 3.63) is 18.5 Å². The molecule has 0 saturated heterocycles. The second-order valence-corrected chi connectivity index (χ2v) is 1.13. The van der Waals surface area contributed by atoms with Crippen molar-refractivity contribution in [3.63, 3.8) is 0 Å². The fraction of sp³-hybridized carbons (Fsp3) is 0. The molecule has 0 spiro atoms. The van der Waals surface area contributed by atoms with Gasteiger partial charge in [0.25, 0.3) is 0 Å². The van der Waals surface area contributed by atoms with Gasteiger partial charge >= 0.3 is 0 Å². The normalized spacial score (nSPS) is 6.17. The molecular formula is C3H5IN2. The molecule has 3 heteroatoms. The number of halogens is 1. The van der Waals surface area contributed by atoms with Crippen LogP contribution in [0, 0.1) is 0 Å². The van der Waals surface area contributed by atoms with E-state index >= 15 is 0 Å². The Balaban J connectivity index is 2.86. The van der Waals surface area contributed by atoms with Gasteiger partial charge in [-0.15, -0.1) is 5.73 Å². The summed E-state index contributed by atoms with van der Waals surface area (Å²) in [5.41, 5.74) is 5.15. The minimum atomic E-state index is 1.58. The first-order chi connectivity index (χ1) is 2.91. The molecule has 0 aromatic rings. The van der Waals surface area contributed by atoms with Crippen molar-refractivity contribution in [2.45, 2.75) is 0 Å². The van der Waals surface area contributed by atoms with E-state index in [4.69, 9.17) is 0 Å². The Morgan fingerprint density at radius 3 is 2.67 bits per heavy atom. The zero-order valence-corrected chi connectivity index (χ0v) is 5.32. The van der Waals surface area contributed by atoms with E-state index in [1.807, 2.05) is 22.9 Å². The van der Waals surface area contributed by atoms with E-state index in [2.05, 4.69) is 21.4 Å². The van der Waals surface area contributed by atoms with Gasteiger partial charge in [0.05, 0.1) is 6.20 Å². The molecule has 0 aromatic heterocycles. The molecule has 0 unspecified atom stereocenters. The summed E-state index contributed by atoms with van der Waals surface area (Å²) in [6, 6.07) is 0. The van der Waals surface area contributed by atoms with Crippen LogP contribution in [-0.4, -0.2) is 0 Å². The summed E-state index contributed by atoms with van der Waals surface area (Å²) < 4.78 is 2.63. The second-order valence-electron chi connectivity index (χ2n) is 0.587. The first kappa shape index (κ1) is 6.01. The highest BCUT2D eigenvalue weighted by atomic mass is 127. The average Bonchev–Trinajstić information content (AvgIpc) is 1.61. The quantitative estimate of drug-likeness (QED) is 0.294. The summed E-state index contributed by atoms with van der Waals surface area (Å²) in [5, 5.41) is 0. The van der Waals surface area contributed by atoms with E-state index < -0.39 is 0 Å². The van der Waals surface area contributed by atoms with E-state index in [0.717, 1.165) is 0 Å². The highest BCUT2D eigenvalue weighted by Gasteiger charge is 1.54.